The first-order valence-electron chi connectivity index (χ1n) is 6.55. The van der Waals surface area contributed by atoms with Gasteiger partial charge in [0.1, 0.15) is 0 Å². The Morgan fingerprint density at radius 3 is 2.63 bits per heavy atom. The molecule has 4 heteroatoms. The Morgan fingerprint density at radius 1 is 1.11 bits per heavy atom. The molecule has 0 amide bonds. The minimum atomic E-state index is 0.287. The summed E-state index contributed by atoms with van der Waals surface area (Å²) in [5.74, 6) is 0. The third kappa shape index (κ3) is 5.01. The number of unbranched alkanes of at least 4 members (excludes halogenated alkanes) is 3. The van der Waals surface area contributed by atoms with E-state index >= 15 is 0 Å². The molecule has 0 saturated carbocycles. The minimum absolute atomic E-state index is 0.287. The summed E-state index contributed by atoms with van der Waals surface area (Å²) in [6.07, 6.45) is 8.51. The Bertz CT molecular complexity index is 499. The van der Waals surface area contributed by atoms with E-state index in [0.717, 1.165) is 30.4 Å². The van der Waals surface area contributed by atoms with E-state index in [-0.39, 0.29) is 6.54 Å². The molecule has 1 aromatic carbocycles. The molecule has 4 nitrogen and oxygen atoms in total. The van der Waals surface area contributed by atoms with Crippen LogP contribution in [-0.4, -0.2) is 12.2 Å². The largest absolute Gasteiger partial charge is 0.240 e. The van der Waals surface area contributed by atoms with E-state index in [9.17, 15) is 9.59 Å². The summed E-state index contributed by atoms with van der Waals surface area (Å²) in [4.78, 5) is 28.0. The SMILES string of the molecule is CCCCCCc1c(CN=C=O)cccc1N=C=O. The zero-order chi connectivity index (χ0) is 13.9. The smallest absolute Gasteiger partial charge is 0.211 e. The molecule has 0 bridgehead atoms. The molecule has 0 radical (unpaired) electrons. The van der Waals surface area contributed by atoms with Crippen LogP contribution >= 0.6 is 0 Å². The van der Waals surface area contributed by atoms with Crippen LogP contribution < -0.4 is 0 Å². The average molecular weight is 258 g/mol. The van der Waals surface area contributed by atoms with E-state index in [2.05, 4.69) is 16.9 Å². The molecular weight excluding hydrogens is 240 g/mol. The van der Waals surface area contributed by atoms with Gasteiger partial charge < -0.3 is 0 Å². The topological polar surface area (TPSA) is 58.9 Å². The minimum Gasteiger partial charge on any atom is -0.211 e. The van der Waals surface area contributed by atoms with Crippen molar-refractivity contribution in [2.24, 2.45) is 9.98 Å². The quantitative estimate of drug-likeness (QED) is 0.406. The number of hydrogen-bond acceptors (Lipinski definition) is 4. The van der Waals surface area contributed by atoms with E-state index in [1.807, 2.05) is 6.07 Å². The lowest BCUT2D eigenvalue weighted by Gasteiger charge is -2.09. The second kappa shape index (κ2) is 8.98. The van der Waals surface area contributed by atoms with Crippen molar-refractivity contribution in [3.05, 3.63) is 29.3 Å². The highest BCUT2D eigenvalue weighted by atomic mass is 16.1. The van der Waals surface area contributed by atoms with Gasteiger partial charge >= 0.3 is 0 Å². The predicted octanol–water partition coefficient (Wildman–Crippen LogP) is 3.61. The van der Waals surface area contributed by atoms with Gasteiger partial charge in [0, 0.05) is 0 Å². The molecule has 0 saturated heterocycles. The second-order valence-electron chi connectivity index (χ2n) is 4.34. The zero-order valence-electron chi connectivity index (χ0n) is 11.2. The molecule has 0 aliphatic carbocycles. The van der Waals surface area contributed by atoms with Crippen LogP contribution in [0.5, 0.6) is 0 Å². The van der Waals surface area contributed by atoms with E-state index in [4.69, 9.17) is 0 Å². The van der Waals surface area contributed by atoms with Crippen molar-refractivity contribution in [2.45, 2.75) is 45.6 Å². The summed E-state index contributed by atoms with van der Waals surface area (Å²) in [5.41, 5.74) is 2.54. The van der Waals surface area contributed by atoms with Gasteiger partial charge in [0.2, 0.25) is 12.2 Å². The Kier molecular flexibility index (Phi) is 7.11. The van der Waals surface area contributed by atoms with Gasteiger partial charge in [0.05, 0.1) is 12.2 Å². The number of hydrogen-bond donors (Lipinski definition) is 0. The standard InChI is InChI=1S/C15H18N2O2/c1-2-3-4-5-8-14-13(10-16-11-18)7-6-9-15(14)17-12-19/h6-7,9H,2-5,8,10H2,1H3. The highest BCUT2D eigenvalue weighted by molar-refractivity contribution is 5.56. The fraction of sp³-hybridized carbons (Fsp3) is 0.467. The first-order chi connectivity index (χ1) is 9.33. The molecule has 0 fully saturated rings. The van der Waals surface area contributed by atoms with Gasteiger partial charge in [-0.25, -0.2) is 14.6 Å². The first kappa shape index (κ1) is 15.0. The molecule has 0 N–H and O–H groups in total. The molecule has 0 aromatic heterocycles. The zero-order valence-corrected chi connectivity index (χ0v) is 11.2. The normalized spacial score (nSPS) is 9.53. The first-order valence-corrected chi connectivity index (χ1v) is 6.55. The highest BCUT2D eigenvalue weighted by Crippen LogP contribution is 2.25. The van der Waals surface area contributed by atoms with Crippen molar-refractivity contribution >= 4 is 17.8 Å². The maximum atomic E-state index is 10.5. The lowest BCUT2D eigenvalue weighted by Crippen LogP contribution is -1.95. The van der Waals surface area contributed by atoms with Crippen LogP contribution in [0.4, 0.5) is 5.69 Å². The number of isocyanates is 2. The maximum absolute atomic E-state index is 10.5. The van der Waals surface area contributed by atoms with Crippen LogP contribution in [-0.2, 0) is 22.6 Å². The third-order valence-corrected chi connectivity index (χ3v) is 3.01. The molecule has 0 unspecified atom stereocenters. The predicted molar refractivity (Wildman–Crippen MR) is 73.9 cm³/mol. The van der Waals surface area contributed by atoms with Crippen LogP contribution in [0.25, 0.3) is 0 Å². The van der Waals surface area contributed by atoms with Crippen molar-refractivity contribution in [3.63, 3.8) is 0 Å². The van der Waals surface area contributed by atoms with Crippen LogP contribution in [0, 0.1) is 0 Å². The molecule has 0 heterocycles. The maximum Gasteiger partial charge on any atom is 0.240 e. The van der Waals surface area contributed by atoms with Crippen LogP contribution in [0.1, 0.15) is 43.7 Å². The highest BCUT2D eigenvalue weighted by Gasteiger charge is 2.07. The van der Waals surface area contributed by atoms with Gasteiger partial charge in [-0.2, -0.15) is 4.99 Å². The van der Waals surface area contributed by atoms with E-state index in [0.29, 0.717) is 5.69 Å². The lowest BCUT2D eigenvalue weighted by atomic mass is 9.99. The fourth-order valence-corrected chi connectivity index (χ4v) is 2.06. The Hall–Kier alpha value is -2.02. The van der Waals surface area contributed by atoms with Crippen LogP contribution in [0.2, 0.25) is 0 Å². The number of nitrogens with zero attached hydrogens (tertiary/aromatic N) is 2. The van der Waals surface area contributed by atoms with Gasteiger partial charge in [-0.1, -0.05) is 38.3 Å². The van der Waals surface area contributed by atoms with Crippen molar-refractivity contribution in [1.82, 2.24) is 0 Å². The summed E-state index contributed by atoms with van der Waals surface area (Å²) < 4.78 is 0. The molecule has 100 valence electrons. The summed E-state index contributed by atoms with van der Waals surface area (Å²) in [7, 11) is 0. The van der Waals surface area contributed by atoms with Gasteiger partial charge in [-0.05, 0) is 30.0 Å². The molecule has 1 aromatic rings. The van der Waals surface area contributed by atoms with Crippen molar-refractivity contribution in [3.8, 4) is 0 Å². The molecule has 19 heavy (non-hydrogen) atoms. The van der Waals surface area contributed by atoms with Crippen LogP contribution in [0.15, 0.2) is 28.2 Å². The second-order valence-corrected chi connectivity index (χ2v) is 4.34. The van der Waals surface area contributed by atoms with Gasteiger partial charge in [-0.15, -0.1) is 0 Å². The number of aliphatic imine (C=N–C) groups is 2. The number of carbonyl (C=O) groups excluding carboxylic acids is 2. The summed E-state index contributed by atoms with van der Waals surface area (Å²) in [6, 6.07) is 5.50. The molecule has 0 spiro atoms. The monoisotopic (exact) mass is 258 g/mol. The number of benzene rings is 1. The Labute approximate surface area is 113 Å². The average Bonchev–Trinajstić information content (AvgIpc) is 2.43. The summed E-state index contributed by atoms with van der Waals surface area (Å²) in [6.45, 7) is 2.45. The molecule has 0 aliphatic heterocycles. The molecule has 0 aliphatic rings. The summed E-state index contributed by atoms with van der Waals surface area (Å²) >= 11 is 0. The fourth-order valence-electron chi connectivity index (χ4n) is 2.06. The Balaban J connectivity index is 2.92. The van der Waals surface area contributed by atoms with Crippen molar-refractivity contribution in [2.75, 3.05) is 0 Å². The van der Waals surface area contributed by atoms with Gasteiger partial charge in [0.15, 0.2) is 0 Å². The van der Waals surface area contributed by atoms with E-state index < -0.39 is 0 Å². The van der Waals surface area contributed by atoms with Crippen LogP contribution in [0.3, 0.4) is 0 Å². The summed E-state index contributed by atoms with van der Waals surface area (Å²) in [5, 5.41) is 0. The van der Waals surface area contributed by atoms with E-state index in [1.54, 1.807) is 18.2 Å². The third-order valence-electron chi connectivity index (χ3n) is 3.01. The molecular formula is C15H18N2O2. The van der Waals surface area contributed by atoms with Gasteiger partial charge in [-0.3, -0.25) is 0 Å². The molecule has 1 rings (SSSR count). The van der Waals surface area contributed by atoms with Crippen molar-refractivity contribution in [1.29, 1.82) is 0 Å². The molecule has 0 atom stereocenters. The van der Waals surface area contributed by atoms with Crippen molar-refractivity contribution < 1.29 is 9.59 Å². The lowest BCUT2D eigenvalue weighted by molar-refractivity contribution is 0.562. The van der Waals surface area contributed by atoms with Gasteiger partial charge in [0.25, 0.3) is 0 Å². The Morgan fingerprint density at radius 2 is 1.95 bits per heavy atom. The number of rotatable bonds is 8. The van der Waals surface area contributed by atoms with E-state index in [1.165, 1.54) is 18.9 Å².